The van der Waals surface area contributed by atoms with Gasteiger partial charge in [0.1, 0.15) is 5.75 Å². The Hall–Kier alpha value is -1.40. The number of halogens is 1. The summed E-state index contributed by atoms with van der Waals surface area (Å²) in [6.07, 6.45) is 1.33. The van der Waals surface area contributed by atoms with Crippen LogP contribution in [0.25, 0.3) is 0 Å². The van der Waals surface area contributed by atoms with Crippen LogP contribution in [0.5, 0.6) is 0 Å². The van der Waals surface area contributed by atoms with E-state index >= 15 is 0 Å². The molecule has 0 unspecified atom stereocenters. The second-order valence-electron chi connectivity index (χ2n) is 3.61. The van der Waals surface area contributed by atoms with Gasteiger partial charge in [0.2, 0.25) is 5.78 Å². The van der Waals surface area contributed by atoms with Gasteiger partial charge in [-0.05, 0) is 36.4 Å². The molecule has 94 valence electrons. The molecule has 1 aromatic carbocycles. The summed E-state index contributed by atoms with van der Waals surface area (Å²) >= 11 is 3.22. The molecule has 1 aromatic heterocycles. The van der Waals surface area contributed by atoms with Gasteiger partial charge >= 0.3 is 0 Å². The van der Waals surface area contributed by atoms with Crippen LogP contribution in [0.3, 0.4) is 0 Å². The van der Waals surface area contributed by atoms with Crippen molar-refractivity contribution in [2.75, 3.05) is 5.75 Å². The molecule has 0 radical (unpaired) electrons. The summed E-state index contributed by atoms with van der Waals surface area (Å²) in [5, 5.41) is 0. The number of hydrogen-bond donors (Lipinski definition) is 0. The maximum absolute atomic E-state index is 12.0. The van der Waals surface area contributed by atoms with Gasteiger partial charge in [-0.1, -0.05) is 15.9 Å². The highest BCUT2D eigenvalue weighted by atomic mass is 79.9. The van der Waals surface area contributed by atoms with Gasteiger partial charge in [0, 0.05) is 4.47 Å². The normalized spacial score (nSPS) is 11.4. The molecule has 0 N–H and O–H groups in total. The third-order valence-corrected chi connectivity index (χ3v) is 4.45. The lowest BCUT2D eigenvalue weighted by atomic mass is 10.3. The Morgan fingerprint density at radius 1 is 1.17 bits per heavy atom. The van der Waals surface area contributed by atoms with Gasteiger partial charge in [-0.25, -0.2) is 8.42 Å². The summed E-state index contributed by atoms with van der Waals surface area (Å²) in [4.78, 5) is 11.8. The minimum Gasteiger partial charge on any atom is -0.461 e. The number of carbonyl (C=O) groups excluding carboxylic acids is 1. The van der Waals surface area contributed by atoms with Crippen molar-refractivity contribution in [3.05, 3.63) is 52.9 Å². The van der Waals surface area contributed by atoms with Crippen molar-refractivity contribution >= 4 is 31.6 Å². The Kier molecular flexibility index (Phi) is 3.68. The molecule has 4 nitrogen and oxygen atoms in total. The number of sulfone groups is 1. The molecule has 0 spiro atoms. The van der Waals surface area contributed by atoms with E-state index < -0.39 is 21.4 Å². The predicted octanol–water partition coefficient (Wildman–Crippen LogP) is 2.70. The monoisotopic (exact) mass is 328 g/mol. The number of carbonyl (C=O) groups is 1. The molecule has 2 aromatic rings. The molecule has 0 saturated carbocycles. The SMILES string of the molecule is O=C(CS(=O)(=O)c1ccc(Br)cc1)c1ccco1. The van der Waals surface area contributed by atoms with Gasteiger partial charge in [0.25, 0.3) is 0 Å². The number of benzene rings is 1. The van der Waals surface area contributed by atoms with E-state index in [9.17, 15) is 13.2 Å². The molecule has 0 aliphatic carbocycles. The average Bonchev–Trinajstić information content (AvgIpc) is 2.82. The zero-order chi connectivity index (χ0) is 13.2. The Balaban J connectivity index is 2.22. The van der Waals surface area contributed by atoms with Crippen molar-refractivity contribution in [2.45, 2.75) is 4.90 Å². The third-order valence-electron chi connectivity index (χ3n) is 2.29. The summed E-state index contributed by atoms with van der Waals surface area (Å²) in [6.45, 7) is 0. The third kappa shape index (κ3) is 2.88. The lowest BCUT2D eigenvalue weighted by Gasteiger charge is -2.02. The first-order chi connectivity index (χ1) is 8.49. The minimum atomic E-state index is -3.63. The molecule has 1 heterocycles. The van der Waals surface area contributed by atoms with E-state index in [1.165, 1.54) is 24.5 Å². The fourth-order valence-electron chi connectivity index (χ4n) is 1.41. The largest absolute Gasteiger partial charge is 0.461 e. The quantitative estimate of drug-likeness (QED) is 0.809. The topological polar surface area (TPSA) is 64.3 Å². The molecule has 0 atom stereocenters. The molecular weight excluding hydrogens is 320 g/mol. The van der Waals surface area contributed by atoms with Crippen LogP contribution >= 0.6 is 15.9 Å². The Bertz CT molecular complexity index is 642. The summed E-state index contributed by atoms with van der Waals surface area (Å²) in [5.74, 6) is -1.10. The van der Waals surface area contributed by atoms with E-state index in [1.807, 2.05) is 0 Å². The number of ketones is 1. The van der Waals surface area contributed by atoms with Crippen LogP contribution in [0.15, 0.2) is 56.4 Å². The van der Waals surface area contributed by atoms with Crippen LogP contribution in [0.1, 0.15) is 10.6 Å². The number of Topliss-reactive ketones (excluding diaryl/α,β-unsaturated/α-hetero) is 1. The first-order valence-electron chi connectivity index (χ1n) is 5.04. The van der Waals surface area contributed by atoms with Crippen molar-refractivity contribution in [3.63, 3.8) is 0 Å². The molecule has 0 bridgehead atoms. The maximum atomic E-state index is 12.0. The minimum absolute atomic E-state index is 0.0516. The summed E-state index contributed by atoms with van der Waals surface area (Å²) < 4.78 is 29.6. The average molecular weight is 329 g/mol. The van der Waals surface area contributed by atoms with Gasteiger partial charge in [-0.3, -0.25) is 4.79 Å². The lowest BCUT2D eigenvalue weighted by molar-refractivity contribution is 0.0990. The number of furan rings is 1. The standard InChI is InChI=1S/C12H9BrO4S/c13-9-3-5-10(6-4-9)18(15,16)8-11(14)12-2-1-7-17-12/h1-7H,8H2. The molecule has 0 fully saturated rings. The smallest absolute Gasteiger partial charge is 0.213 e. The molecule has 0 aliphatic heterocycles. The lowest BCUT2D eigenvalue weighted by Crippen LogP contribution is -2.15. The Morgan fingerprint density at radius 3 is 2.39 bits per heavy atom. The van der Waals surface area contributed by atoms with Crippen LogP contribution in [-0.4, -0.2) is 20.0 Å². The molecule has 2 rings (SSSR count). The van der Waals surface area contributed by atoms with Gasteiger partial charge in [-0.15, -0.1) is 0 Å². The van der Waals surface area contributed by atoms with Crippen molar-refractivity contribution in [2.24, 2.45) is 0 Å². The highest BCUT2D eigenvalue weighted by Gasteiger charge is 2.21. The van der Waals surface area contributed by atoms with Crippen molar-refractivity contribution < 1.29 is 17.6 Å². The molecule has 0 aliphatic rings. The summed E-state index contributed by atoms with van der Waals surface area (Å²) in [6, 6.07) is 9.12. The first-order valence-corrected chi connectivity index (χ1v) is 7.48. The van der Waals surface area contributed by atoms with Crippen molar-refractivity contribution in [1.82, 2.24) is 0 Å². The zero-order valence-electron chi connectivity index (χ0n) is 9.17. The summed E-state index contributed by atoms with van der Waals surface area (Å²) in [5.41, 5.74) is 0. The zero-order valence-corrected chi connectivity index (χ0v) is 11.6. The van der Waals surface area contributed by atoms with E-state index in [-0.39, 0.29) is 10.7 Å². The second kappa shape index (κ2) is 5.07. The van der Waals surface area contributed by atoms with Crippen molar-refractivity contribution in [3.8, 4) is 0 Å². The van der Waals surface area contributed by atoms with Crippen LogP contribution in [0, 0.1) is 0 Å². The van der Waals surface area contributed by atoms with Crippen molar-refractivity contribution in [1.29, 1.82) is 0 Å². The van der Waals surface area contributed by atoms with E-state index in [4.69, 9.17) is 4.42 Å². The van der Waals surface area contributed by atoms with Gasteiger partial charge < -0.3 is 4.42 Å². The molecular formula is C12H9BrO4S. The van der Waals surface area contributed by atoms with E-state index in [2.05, 4.69) is 15.9 Å². The van der Waals surface area contributed by atoms with E-state index in [1.54, 1.807) is 18.2 Å². The Morgan fingerprint density at radius 2 is 1.83 bits per heavy atom. The van der Waals surface area contributed by atoms with Crippen LogP contribution in [0.2, 0.25) is 0 Å². The second-order valence-corrected chi connectivity index (χ2v) is 6.52. The number of hydrogen-bond acceptors (Lipinski definition) is 4. The maximum Gasteiger partial charge on any atom is 0.213 e. The fourth-order valence-corrected chi connectivity index (χ4v) is 2.88. The van der Waals surface area contributed by atoms with Crippen LogP contribution < -0.4 is 0 Å². The molecule has 6 heteroatoms. The predicted molar refractivity (Wildman–Crippen MR) is 69.2 cm³/mol. The molecule has 18 heavy (non-hydrogen) atoms. The molecule has 0 saturated heterocycles. The van der Waals surface area contributed by atoms with Gasteiger partial charge in [0.05, 0.1) is 11.2 Å². The van der Waals surface area contributed by atoms with Gasteiger partial charge in [-0.2, -0.15) is 0 Å². The first kappa shape index (κ1) is 13.0. The fraction of sp³-hybridized carbons (Fsp3) is 0.0833. The Labute approximate surface area is 113 Å². The summed E-state index contributed by atoms with van der Waals surface area (Å²) in [7, 11) is -3.63. The van der Waals surface area contributed by atoms with Gasteiger partial charge in [0.15, 0.2) is 15.6 Å². The van der Waals surface area contributed by atoms with E-state index in [0.717, 1.165) is 4.47 Å². The highest BCUT2D eigenvalue weighted by Crippen LogP contribution is 2.17. The number of rotatable bonds is 4. The van der Waals surface area contributed by atoms with Crippen LogP contribution in [-0.2, 0) is 9.84 Å². The molecule has 0 amide bonds. The highest BCUT2D eigenvalue weighted by molar-refractivity contribution is 9.10. The van der Waals surface area contributed by atoms with E-state index in [0.29, 0.717) is 0 Å². The van der Waals surface area contributed by atoms with Crippen LogP contribution in [0.4, 0.5) is 0 Å².